The highest BCUT2D eigenvalue weighted by Gasteiger charge is 2.41. The van der Waals surface area contributed by atoms with Gasteiger partial charge in [0.25, 0.3) is 5.91 Å². The number of hydrogen-bond donors (Lipinski definition) is 1. The third-order valence-electron chi connectivity index (χ3n) is 6.61. The smallest absolute Gasteiger partial charge is 0.257 e. The summed E-state index contributed by atoms with van der Waals surface area (Å²) in [5.74, 6) is -2.93. The van der Waals surface area contributed by atoms with E-state index in [9.17, 15) is 18.7 Å². The third kappa shape index (κ3) is 4.93. The Hall–Kier alpha value is -3.26. The molecule has 1 fully saturated rings. The largest absolute Gasteiger partial charge is 0.504 e. The summed E-state index contributed by atoms with van der Waals surface area (Å²) in [6.07, 6.45) is 3.47. The minimum atomic E-state index is -1.23. The van der Waals surface area contributed by atoms with Crippen LogP contribution in [0.4, 0.5) is 13.2 Å². The van der Waals surface area contributed by atoms with Crippen LogP contribution in [0.3, 0.4) is 0 Å². The summed E-state index contributed by atoms with van der Waals surface area (Å²) in [5, 5.41) is 10.8. The van der Waals surface area contributed by atoms with Crippen molar-refractivity contribution >= 4 is 5.91 Å². The van der Waals surface area contributed by atoms with Crippen LogP contribution in [-0.2, 0) is 10.3 Å². The van der Waals surface area contributed by atoms with E-state index in [1.54, 1.807) is 18.2 Å². The molecule has 2 aromatic carbocycles. The molecular formula is C27H28F3NO4. The number of ether oxygens (including phenoxy) is 2. The first-order valence-electron chi connectivity index (χ1n) is 11.7. The number of morpholine rings is 1. The van der Waals surface area contributed by atoms with E-state index in [0.717, 1.165) is 12.1 Å². The van der Waals surface area contributed by atoms with Crippen LogP contribution in [0.25, 0.3) is 0 Å². The summed E-state index contributed by atoms with van der Waals surface area (Å²) in [7, 11) is 0. The quantitative estimate of drug-likeness (QED) is 0.573. The molecule has 186 valence electrons. The molecule has 1 saturated heterocycles. The SMILES string of the molecule is CCC(Oc1cc(F)c(C(=O)N2CCOCC2)cc1O)(C1=CC=C(F)CC1C)c1ccc(F)cc1. The molecule has 1 N–H and O–H groups in total. The fourth-order valence-electron chi connectivity index (χ4n) is 4.75. The number of phenolic OH excluding ortho intramolecular Hbond substituents is 1. The Kier molecular flexibility index (Phi) is 7.21. The number of phenols is 1. The molecule has 2 aromatic rings. The molecule has 35 heavy (non-hydrogen) atoms. The Labute approximate surface area is 202 Å². The number of halogens is 3. The molecule has 8 heteroatoms. The predicted molar refractivity (Wildman–Crippen MR) is 125 cm³/mol. The molecule has 1 aliphatic heterocycles. The maximum atomic E-state index is 15.1. The van der Waals surface area contributed by atoms with Crippen molar-refractivity contribution < 1.29 is 32.5 Å². The molecule has 5 nitrogen and oxygen atoms in total. The Morgan fingerprint density at radius 3 is 2.46 bits per heavy atom. The second-order valence-electron chi connectivity index (χ2n) is 8.83. The van der Waals surface area contributed by atoms with E-state index in [1.165, 1.54) is 23.1 Å². The van der Waals surface area contributed by atoms with Crippen molar-refractivity contribution in [3.63, 3.8) is 0 Å². The molecule has 1 heterocycles. The fraction of sp³-hybridized carbons (Fsp3) is 0.370. The number of carbonyl (C=O) groups excluding carboxylic acids is 1. The predicted octanol–water partition coefficient (Wildman–Crippen LogP) is 5.65. The molecule has 2 atom stereocenters. The van der Waals surface area contributed by atoms with Gasteiger partial charge in [-0.05, 0) is 47.8 Å². The average molecular weight is 488 g/mol. The van der Waals surface area contributed by atoms with Crippen LogP contribution in [0.2, 0.25) is 0 Å². The molecule has 0 spiro atoms. The van der Waals surface area contributed by atoms with Crippen molar-refractivity contribution in [3.8, 4) is 11.5 Å². The van der Waals surface area contributed by atoms with Gasteiger partial charge in [-0.3, -0.25) is 4.79 Å². The highest BCUT2D eigenvalue weighted by atomic mass is 19.1. The summed E-state index contributed by atoms with van der Waals surface area (Å²) in [5.41, 5.74) is -0.218. The van der Waals surface area contributed by atoms with Gasteiger partial charge < -0.3 is 19.5 Å². The van der Waals surface area contributed by atoms with E-state index in [4.69, 9.17) is 9.47 Å². The zero-order valence-electron chi connectivity index (χ0n) is 19.7. The number of amides is 1. The summed E-state index contributed by atoms with van der Waals surface area (Å²) >= 11 is 0. The maximum absolute atomic E-state index is 15.1. The Morgan fingerprint density at radius 2 is 1.83 bits per heavy atom. The monoisotopic (exact) mass is 487 g/mol. The van der Waals surface area contributed by atoms with Crippen LogP contribution >= 0.6 is 0 Å². The number of benzene rings is 2. The molecule has 0 bridgehead atoms. The minimum Gasteiger partial charge on any atom is -0.504 e. The molecule has 0 radical (unpaired) electrons. The van der Waals surface area contributed by atoms with Gasteiger partial charge in [-0.2, -0.15) is 0 Å². The number of carbonyl (C=O) groups is 1. The van der Waals surface area contributed by atoms with E-state index < -0.39 is 28.9 Å². The van der Waals surface area contributed by atoms with E-state index in [2.05, 4.69) is 0 Å². The number of rotatable bonds is 6. The van der Waals surface area contributed by atoms with Gasteiger partial charge in [-0.25, -0.2) is 13.2 Å². The van der Waals surface area contributed by atoms with Gasteiger partial charge in [0.2, 0.25) is 0 Å². The van der Waals surface area contributed by atoms with Gasteiger partial charge in [-0.15, -0.1) is 0 Å². The van der Waals surface area contributed by atoms with E-state index in [1.807, 2.05) is 13.8 Å². The van der Waals surface area contributed by atoms with Gasteiger partial charge in [0.1, 0.15) is 17.5 Å². The van der Waals surface area contributed by atoms with Gasteiger partial charge >= 0.3 is 0 Å². The summed E-state index contributed by atoms with van der Waals surface area (Å²) < 4.78 is 54.4. The van der Waals surface area contributed by atoms with Crippen LogP contribution in [-0.4, -0.2) is 42.2 Å². The minimum absolute atomic E-state index is 0.158. The van der Waals surface area contributed by atoms with Crippen molar-refractivity contribution in [2.75, 3.05) is 26.3 Å². The van der Waals surface area contributed by atoms with E-state index >= 15 is 4.39 Å². The van der Waals surface area contributed by atoms with Gasteiger partial charge in [0.05, 0.1) is 18.8 Å². The first kappa shape index (κ1) is 24.9. The lowest BCUT2D eigenvalue weighted by atomic mass is 9.75. The highest BCUT2D eigenvalue weighted by molar-refractivity contribution is 5.95. The fourth-order valence-corrected chi connectivity index (χ4v) is 4.75. The molecule has 0 saturated carbocycles. The topological polar surface area (TPSA) is 59.0 Å². The van der Waals surface area contributed by atoms with Crippen molar-refractivity contribution in [2.45, 2.75) is 32.3 Å². The number of aromatic hydroxyl groups is 1. The molecule has 0 aromatic heterocycles. The molecule has 1 amide bonds. The number of allylic oxidation sites excluding steroid dienone is 3. The number of nitrogens with zero attached hydrogens (tertiary/aromatic N) is 1. The molecule has 1 aliphatic carbocycles. The van der Waals surface area contributed by atoms with Crippen LogP contribution in [0.1, 0.15) is 42.6 Å². The lowest BCUT2D eigenvalue weighted by Gasteiger charge is -2.40. The number of hydrogen-bond acceptors (Lipinski definition) is 4. The second-order valence-corrected chi connectivity index (χ2v) is 8.83. The molecule has 2 aliphatic rings. The Morgan fingerprint density at radius 1 is 1.14 bits per heavy atom. The Balaban J connectivity index is 1.76. The first-order chi connectivity index (χ1) is 16.7. The van der Waals surface area contributed by atoms with Crippen LogP contribution < -0.4 is 4.74 Å². The van der Waals surface area contributed by atoms with Crippen LogP contribution in [0.15, 0.2) is 60.0 Å². The average Bonchev–Trinajstić information content (AvgIpc) is 2.85. The molecule has 4 rings (SSSR count). The van der Waals surface area contributed by atoms with E-state index in [-0.39, 0.29) is 29.5 Å². The van der Waals surface area contributed by atoms with Crippen molar-refractivity contribution in [3.05, 3.63) is 82.7 Å². The standard InChI is InChI=1S/C27H28F3NO4/c1-3-27(18-4-6-19(28)7-5-18,22-9-8-20(29)14-17(22)2)35-25-16-23(30)21(15-24(25)32)26(33)31-10-12-34-13-11-31/h4-9,15-17,32H,3,10-14H2,1-2H3. The second kappa shape index (κ2) is 10.2. The van der Waals surface area contributed by atoms with Crippen molar-refractivity contribution in [1.29, 1.82) is 0 Å². The summed E-state index contributed by atoms with van der Waals surface area (Å²) in [6.45, 7) is 5.07. The van der Waals surface area contributed by atoms with Gasteiger partial charge in [0, 0.05) is 25.6 Å². The van der Waals surface area contributed by atoms with Gasteiger partial charge in [-0.1, -0.05) is 32.1 Å². The molecule has 2 unspecified atom stereocenters. The zero-order valence-corrected chi connectivity index (χ0v) is 19.7. The first-order valence-corrected chi connectivity index (χ1v) is 11.7. The Bertz CT molecular complexity index is 1160. The lowest BCUT2D eigenvalue weighted by molar-refractivity contribution is 0.0299. The van der Waals surface area contributed by atoms with Crippen molar-refractivity contribution in [2.24, 2.45) is 5.92 Å². The third-order valence-corrected chi connectivity index (χ3v) is 6.61. The van der Waals surface area contributed by atoms with Crippen LogP contribution in [0, 0.1) is 17.6 Å². The van der Waals surface area contributed by atoms with Crippen molar-refractivity contribution in [1.82, 2.24) is 4.90 Å². The lowest BCUT2D eigenvalue weighted by Crippen LogP contribution is -2.41. The van der Waals surface area contributed by atoms with Gasteiger partial charge in [0.15, 0.2) is 17.1 Å². The van der Waals surface area contributed by atoms with E-state index in [0.29, 0.717) is 43.9 Å². The molecular weight excluding hydrogens is 459 g/mol. The maximum Gasteiger partial charge on any atom is 0.257 e. The zero-order chi connectivity index (χ0) is 25.2. The summed E-state index contributed by atoms with van der Waals surface area (Å²) in [6, 6.07) is 7.75. The summed E-state index contributed by atoms with van der Waals surface area (Å²) in [4.78, 5) is 14.3. The normalized spacial score (nSPS) is 20.0. The highest BCUT2D eigenvalue weighted by Crippen LogP contribution is 2.46. The van der Waals surface area contributed by atoms with Crippen LogP contribution in [0.5, 0.6) is 11.5 Å².